The molecule has 0 aromatic carbocycles. The molecule has 0 saturated heterocycles. The molecule has 94 valence electrons. The van der Waals surface area contributed by atoms with Crippen LogP contribution >= 0.6 is 0 Å². The van der Waals surface area contributed by atoms with Crippen LogP contribution in [0.1, 0.15) is 6.92 Å². The van der Waals surface area contributed by atoms with Crippen molar-refractivity contribution < 1.29 is 33.4 Å². The molecule has 0 saturated carbocycles. The Kier molecular flexibility index (Phi) is 6.01. The molecule has 0 spiro atoms. The van der Waals surface area contributed by atoms with Gasteiger partial charge in [-0.2, -0.15) is 0 Å². The predicted octanol–water partition coefficient (Wildman–Crippen LogP) is 0.125. The van der Waals surface area contributed by atoms with E-state index in [1.165, 1.54) is 6.92 Å². The standard InChI is InChI=1S/C9H11NO7/c1-5(4-6(11)15-2)7(12)17-9(14)10-8(13)16-3/h4H,1-3H3,(H,10,13,14)/b5-4+. The van der Waals surface area contributed by atoms with Crippen molar-refractivity contribution in [3.8, 4) is 0 Å². The van der Waals surface area contributed by atoms with Crippen molar-refractivity contribution in [1.29, 1.82) is 0 Å². The molecular formula is C9H11NO7. The second kappa shape index (κ2) is 6.99. The molecule has 0 rings (SSSR count). The van der Waals surface area contributed by atoms with Crippen molar-refractivity contribution in [2.45, 2.75) is 6.92 Å². The van der Waals surface area contributed by atoms with E-state index in [0.29, 0.717) is 0 Å². The zero-order valence-electron chi connectivity index (χ0n) is 9.44. The Balaban J connectivity index is 4.35. The summed E-state index contributed by atoms with van der Waals surface area (Å²) in [5.41, 5.74) is -0.156. The Bertz CT molecular complexity index is 372. The van der Waals surface area contributed by atoms with E-state index in [1.54, 1.807) is 5.32 Å². The SMILES string of the molecule is COC(=O)/C=C(\C)C(=O)OC(=O)NC(=O)OC. The van der Waals surface area contributed by atoms with Gasteiger partial charge in [0.2, 0.25) is 0 Å². The van der Waals surface area contributed by atoms with Gasteiger partial charge in [0.1, 0.15) is 0 Å². The highest BCUT2D eigenvalue weighted by Crippen LogP contribution is 1.98. The smallest absolute Gasteiger partial charge is 0.424 e. The van der Waals surface area contributed by atoms with Crippen LogP contribution in [0.2, 0.25) is 0 Å². The van der Waals surface area contributed by atoms with E-state index in [4.69, 9.17) is 0 Å². The average molecular weight is 245 g/mol. The quantitative estimate of drug-likeness (QED) is 0.318. The highest BCUT2D eigenvalue weighted by atomic mass is 16.6. The maximum Gasteiger partial charge on any atom is 0.424 e. The first-order valence-electron chi connectivity index (χ1n) is 4.28. The molecule has 0 aliphatic rings. The number of ether oxygens (including phenoxy) is 3. The van der Waals surface area contributed by atoms with Gasteiger partial charge in [0, 0.05) is 11.6 Å². The van der Waals surface area contributed by atoms with Gasteiger partial charge in [-0.15, -0.1) is 0 Å². The van der Waals surface area contributed by atoms with Gasteiger partial charge in [0.15, 0.2) is 0 Å². The lowest BCUT2D eigenvalue weighted by Gasteiger charge is -2.03. The lowest BCUT2D eigenvalue weighted by Crippen LogP contribution is -2.32. The summed E-state index contributed by atoms with van der Waals surface area (Å²) in [4.78, 5) is 43.4. The van der Waals surface area contributed by atoms with Crippen LogP contribution in [-0.2, 0) is 23.8 Å². The van der Waals surface area contributed by atoms with Gasteiger partial charge in [-0.3, -0.25) is 0 Å². The Morgan fingerprint density at radius 2 is 1.59 bits per heavy atom. The molecular weight excluding hydrogens is 234 g/mol. The van der Waals surface area contributed by atoms with E-state index in [-0.39, 0.29) is 5.57 Å². The van der Waals surface area contributed by atoms with Crippen molar-refractivity contribution in [3.05, 3.63) is 11.6 Å². The number of carbonyl (C=O) groups excluding carboxylic acids is 4. The van der Waals surface area contributed by atoms with Crippen LogP contribution < -0.4 is 5.32 Å². The number of rotatable bonds is 2. The topological polar surface area (TPSA) is 108 Å². The second-order valence-corrected chi connectivity index (χ2v) is 2.64. The summed E-state index contributed by atoms with van der Waals surface area (Å²) >= 11 is 0. The molecule has 0 aliphatic heterocycles. The van der Waals surface area contributed by atoms with Crippen LogP contribution in [0.25, 0.3) is 0 Å². The van der Waals surface area contributed by atoms with E-state index >= 15 is 0 Å². The fourth-order valence-electron chi connectivity index (χ4n) is 0.619. The van der Waals surface area contributed by atoms with E-state index < -0.39 is 24.1 Å². The number of hydrogen-bond acceptors (Lipinski definition) is 7. The molecule has 8 heteroatoms. The summed E-state index contributed by atoms with van der Waals surface area (Å²) in [6, 6.07) is 0. The van der Waals surface area contributed by atoms with Crippen LogP contribution in [0.4, 0.5) is 9.59 Å². The molecule has 0 aromatic rings. The first kappa shape index (κ1) is 14.6. The third-order valence-electron chi connectivity index (χ3n) is 1.43. The Morgan fingerprint density at radius 1 is 1.00 bits per heavy atom. The summed E-state index contributed by atoms with van der Waals surface area (Å²) in [5.74, 6) is -1.86. The molecule has 1 N–H and O–H groups in total. The molecule has 0 fully saturated rings. The van der Waals surface area contributed by atoms with Crippen molar-refractivity contribution >= 4 is 24.1 Å². The van der Waals surface area contributed by atoms with Crippen LogP contribution in [0.3, 0.4) is 0 Å². The zero-order valence-corrected chi connectivity index (χ0v) is 9.44. The van der Waals surface area contributed by atoms with Gasteiger partial charge in [-0.25, -0.2) is 24.5 Å². The van der Waals surface area contributed by atoms with E-state index in [9.17, 15) is 19.2 Å². The maximum absolute atomic E-state index is 11.2. The summed E-state index contributed by atoms with van der Waals surface area (Å²) in [5, 5.41) is 1.60. The van der Waals surface area contributed by atoms with Crippen LogP contribution in [0.5, 0.6) is 0 Å². The Hall–Kier alpha value is -2.38. The van der Waals surface area contributed by atoms with Crippen LogP contribution in [-0.4, -0.2) is 38.3 Å². The van der Waals surface area contributed by atoms with Gasteiger partial charge >= 0.3 is 24.1 Å². The van der Waals surface area contributed by atoms with Crippen LogP contribution in [0.15, 0.2) is 11.6 Å². The first-order valence-corrected chi connectivity index (χ1v) is 4.28. The fourth-order valence-corrected chi connectivity index (χ4v) is 0.619. The Labute approximate surface area is 96.5 Å². The van der Waals surface area contributed by atoms with Crippen molar-refractivity contribution in [3.63, 3.8) is 0 Å². The molecule has 0 unspecified atom stereocenters. The number of imide groups is 1. The Morgan fingerprint density at radius 3 is 2.06 bits per heavy atom. The minimum atomic E-state index is -1.31. The third-order valence-corrected chi connectivity index (χ3v) is 1.43. The third kappa shape index (κ3) is 5.92. The number of methoxy groups -OCH3 is 2. The van der Waals surface area contributed by atoms with Gasteiger partial charge in [0.05, 0.1) is 14.2 Å². The molecule has 0 radical (unpaired) electrons. The molecule has 2 amide bonds. The number of amides is 2. The van der Waals surface area contributed by atoms with Gasteiger partial charge in [0.25, 0.3) is 0 Å². The van der Waals surface area contributed by atoms with Crippen LogP contribution in [0, 0.1) is 0 Å². The minimum absolute atomic E-state index is 0.156. The van der Waals surface area contributed by atoms with E-state index in [2.05, 4.69) is 14.2 Å². The molecule has 0 heterocycles. The maximum atomic E-state index is 11.2. The molecule has 0 atom stereocenters. The number of nitrogens with one attached hydrogen (secondary N) is 1. The number of alkyl carbamates (subject to hydrolysis) is 2. The van der Waals surface area contributed by atoms with Crippen molar-refractivity contribution in [1.82, 2.24) is 5.32 Å². The number of carbonyl (C=O) groups is 4. The summed E-state index contributed by atoms with van der Waals surface area (Å²) in [7, 11) is 2.16. The average Bonchev–Trinajstić information content (AvgIpc) is 2.28. The molecule has 0 bridgehead atoms. The van der Waals surface area contributed by atoms with Gasteiger partial charge in [-0.1, -0.05) is 0 Å². The number of hydrogen-bond donors (Lipinski definition) is 1. The fraction of sp³-hybridized carbons (Fsp3) is 0.333. The monoisotopic (exact) mass is 245 g/mol. The first-order chi connectivity index (χ1) is 7.90. The highest BCUT2D eigenvalue weighted by molar-refractivity contribution is 6.01. The van der Waals surface area contributed by atoms with Crippen molar-refractivity contribution in [2.24, 2.45) is 0 Å². The van der Waals surface area contributed by atoms with Crippen molar-refractivity contribution in [2.75, 3.05) is 14.2 Å². The highest BCUT2D eigenvalue weighted by Gasteiger charge is 2.15. The lowest BCUT2D eigenvalue weighted by molar-refractivity contribution is -0.137. The van der Waals surface area contributed by atoms with E-state index in [0.717, 1.165) is 20.3 Å². The van der Waals surface area contributed by atoms with Gasteiger partial charge < -0.3 is 14.2 Å². The predicted molar refractivity (Wildman–Crippen MR) is 52.8 cm³/mol. The minimum Gasteiger partial charge on any atom is -0.466 e. The molecule has 8 nitrogen and oxygen atoms in total. The summed E-state index contributed by atoms with van der Waals surface area (Å²) in [6.07, 6.45) is -1.54. The number of esters is 2. The largest absolute Gasteiger partial charge is 0.466 e. The lowest BCUT2D eigenvalue weighted by atomic mass is 10.3. The zero-order chi connectivity index (χ0) is 13.4. The van der Waals surface area contributed by atoms with E-state index in [1.807, 2.05) is 0 Å². The molecule has 17 heavy (non-hydrogen) atoms. The second-order valence-electron chi connectivity index (χ2n) is 2.64. The molecule has 0 aliphatic carbocycles. The normalized spacial score (nSPS) is 10.2. The van der Waals surface area contributed by atoms with Gasteiger partial charge in [-0.05, 0) is 6.92 Å². The molecule has 0 aromatic heterocycles. The summed E-state index contributed by atoms with van der Waals surface area (Å²) < 4.78 is 12.5. The summed E-state index contributed by atoms with van der Waals surface area (Å²) in [6.45, 7) is 1.24.